The molecule has 1 aromatic rings. The zero-order valence-electron chi connectivity index (χ0n) is 8.77. The predicted molar refractivity (Wildman–Crippen MR) is 58.1 cm³/mol. The van der Waals surface area contributed by atoms with Gasteiger partial charge in [-0.15, -0.1) is 0 Å². The van der Waals surface area contributed by atoms with Gasteiger partial charge >= 0.3 is 0 Å². The normalized spacial score (nSPS) is 17.2. The fourth-order valence-electron chi connectivity index (χ4n) is 1.38. The summed E-state index contributed by atoms with van der Waals surface area (Å²) in [5, 5.41) is 0. The Morgan fingerprint density at radius 2 is 2.13 bits per heavy atom. The smallest absolute Gasteiger partial charge is 0.182 e. The third kappa shape index (κ3) is 2.36. The lowest BCUT2D eigenvalue weighted by Crippen LogP contribution is -2.27. The van der Waals surface area contributed by atoms with Crippen LogP contribution >= 0.6 is 0 Å². The largest absolute Gasteiger partial charge is 0.490 e. The van der Waals surface area contributed by atoms with E-state index in [9.17, 15) is 4.79 Å². The number of ketones is 1. The molecule has 1 aliphatic carbocycles. The monoisotopic (exact) mass is 205 g/mol. The molecule has 0 radical (unpaired) electrons. The highest BCUT2D eigenvalue weighted by Crippen LogP contribution is 2.29. The maximum Gasteiger partial charge on any atom is 0.182 e. The minimum absolute atomic E-state index is 0.0637. The second-order valence-corrected chi connectivity index (χ2v) is 3.97. The molecular weight excluding hydrogens is 190 g/mol. The number of rotatable bonds is 4. The second kappa shape index (κ2) is 4.03. The molecule has 80 valence electrons. The number of benzene rings is 1. The number of ether oxygens (including phenoxy) is 1. The van der Waals surface area contributed by atoms with Crippen molar-refractivity contribution in [1.82, 2.24) is 0 Å². The van der Waals surface area contributed by atoms with Gasteiger partial charge in [0.25, 0.3) is 0 Å². The van der Waals surface area contributed by atoms with Crippen LogP contribution in [0, 0.1) is 0 Å². The van der Waals surface area contributed by atoms with E-state index in [0.29, 0.717) is 17.4 Å². The van der Waals surface area contributed by atoms with Crippen molar-refractivity contribution in [3.05, 3.63) is 29.8 Å². The van der Waals surface area contributed by atoms with E-state index in [-0.39, 0.29) is 5.78 Å². The average molecular weight is 205 g/mol. The molecule has 0 amide bonds. The van der Waals surface area contributed by atoms with Gasteiger partial charge in [-0.2, -0.15) is 0 Å². The lowest BCUT2D eigenvalue weighted by Gasteiger charge is -2.11. The fraction of sp³-hybridized carbons (Fsp3) is 0.417. The summed E-state index contributed by atoms with van der Waals surface area (Å²) in [6.45, 7) is 1.69. The van der Waals surface area contributed by atoms with E-state index in [0.717, 1.165) is 12.8 Å². The topological polar surface area (TPSA) is 52.3 Å². The van der Waals surface area contributed by atoms with Crippen molar-refractivity contribution in [3.8, 4) is 5.75 Å². The minimum Gasteiger partial charge on any atom is -0.490 e. The molecule has 0 spiro atoms. The van der Waals surface area contributed by atoms with Crippen molar-refractivity contribution in [2.24, 2.45) is 5.73 Å². The first kappa shape index (κ1) is 10.2. The second-order valence-electron chi connectivity index (χ2n) is 3.97. The first-order valence-electron chi connectivity index (χ1n) is 5.24. The van der Waals surface area contributed by atoms with Crippen molar-refractivity contribution in [2.45, 2.75) is 31.9 Å². The minimum atomic E-state index is -0.478. The first-order valence-corrected chi connectivity index (χ1v) is 5.24. The summed E-state index contributed by atoms with van der Waals surface area (Å²) in [6, 6.07) is 6.82. The molecule has 1 aromatic carbocycles. The van der Waals surface area contributed by atoms with Gasteiger partial charge in [-0.25, -0.2) is 0 Å². The molecule has 0 bridgehead atoms. The standard InChI is InChI=1S/C12H15NO2/c1-8(13)12(14)10-4-2-3-5-11(10)15-9-6-7-9/h2-5,8-9H,6-7,13H2,1H3. The molecule has 1 aliphatic rings. The van der Waals surface area contributed by atoms with Crippen molar-refractivity contribution >= 4 is 5.78 Å². The highest BCUT2D eigenvalue weighted by molar-refractivity contribution is 6.02. The van der Waals surface area contributed by atoms with E-state index < -0.39 is 6.04 Å². The fourth-order valence-corrected chi connectivity index (χ4v) is 1.38. The van der Waals surface area contributed by atoms with Crippen molar-refractivity contribution in [2.75, 3.05) is 0 Å². The van der Waals surface area contributed by atoms with Crippen molar-refractivity contribution < 1.29 is 9.53 Å². The Balaban J connectivity index is 2.23. The van der Waals surface area contributed by atoms with Gasteiger partial charge in [0.05, 0.1) is 17.7 Å². The summed E-state index contributed by atoms with van der Waals surface area (Å²) < 4.78 is 5.65. The Hall–Kier alpha value is -1.35. The van der Waals surface area contributed by atoms with Crippen LogP contribution in [0.2, 0.25) is 0 Å². The van der Waals surface area contributed by atoms with Crippen LogP contribution in [0.3, 0.4) is 0 Å². The molecule has 1 atom stereocenters. The van der Waals surface area contributed by atoms with Crippen LogP contribution in [-0.4, -0.2) is 17.9 Å². The van der Waals surface area contributed by atoms with E-state index in [4.69, 9.17) is 10.5 Å². The number of hydrogen-bond donors (Lipinski definition) is 1. The zero-order chi connectivity index (χ0) is 10.8. The molecule has 1 fully saturated rings. The van der Waals surface area contributed by atoms with E-state index in [1.807, 2.05) is 18.2 Å². The third-order valence-electron chi connectivity index (χ3n) is 2.38. The summed E-state index contributed by atoms with van der Waals surface area (Å²) in [7, 11) is 0. The molecular formula is C12H15NO2. The zero-order valence-corrected chi connectivity index (χ0v) is 8.77. The van der Waals surface area contributed by atoms with E-state index >= 15 is 0 Å². The maximum absolute atomic E-state index is 11.8. The van der Waals surface area contributed by atoms with Crippen molar-refractivity contribution in [1.29, 1.82) is 0 Å². The Bertz CT molecular complexity index is 370. The highest BCUT2D eigenvalue weighted by atomic mass is 16.5. The van der Waals surface area contributed by atoms with Gasteiger partial charge in [0, 0.05) is 0 Å². The molecule has 15 heavy (non-hydrogen) atoms. The van der Waals surface area contributed by atoms with E-state index in [1.165, 1.54) is 0 Å². The number of para-hydroxylation sites is 1. The summed E-state index contributed by atoms with van der Waals surface area (Å²) in [4.78, 5) is 11.8. The molecule has 2 rings (SSSR count). The van der Waals surface area contributed by atoms with Gasteiger partial charge in [0.15, 0.2) is 5.78 Å². The lowest BCUT2D eigenvalue weighted by molar-refractivity contribution is 0.0963. The summed E-state index contributed by atoms with van der Waals surface area (Å²) >= 11 is 0. The van der Waals surface area contributed by atoms with Crippen molar-refractivity contribution in [3.63, 3.8) is 0 Å². The number of hydrogen-bond acceptors (Lipinski definition) is 3. The molecule has 2 N–H and O–H groups in total. The SMILES string of the molecule is CC(N)C(=O)c1ccccc1OC1CC1. The number of Topliss-reactive ketones (excluding diaryl/α,β-unsaturated/α-hetero) is 1. The molecule has 0 aliphatic heterocycles. The predicted octanol–water partition coefficient (Wildman–Crippen LogP) is 1.76. The van der Waals surface area contributed by atoms with Crippen LogP contribution in [0.25, 0.3) is 0 Å². The van der Waals surface area contributed by atoms with Crippen LogP contribution in [0.5, 0.6) is 5.75 Å². The van der Waals surface area contributed by atoms with Crippen LogP contribution in [0.15, 0.2) is 24.3 Å². The number of nitrogens with two attached hydrogens (primary N) is 1. The molecule has 0 aromatic heterocycles. The van der Waals surface area contributed by atoms with Gasteiger partial charge < -0.3 is 10.5 Å². The Morgan fingerprint density at radius 1 is 1.47 bits per heavy atom. The van der Waals surface area contributed by atoms with Crippen LogP contribution in [0.1, 0.15) is 30.1 Å². The van der Waals surface area contributed by atoms with E-state index in [2.05, 4.69) is 0 Å². The summed E-state index contributed by atoms with van der Waals surface area (Å²) in [6.07, 6.45) is 2.47. The number of carbonyl (C=O) groups is 1. The number of carbonyl (C=O) groups excluding carboxylic acids is 1. The first-order chi connectivity index (χ1) is 7.18. The Morgan fingerprint density at radius 3 is 2.73 bits per heavy atom. The lowest BCUT2D eigenvalue weighted by atomic mass is 10.1. The maximum atomic E-state index is 11.8. The highest BCUT2D eigenvalue weighted by Gasteiger charge is 2.25. The van der Waals surface area contributed by atoms with Gasteiger partial charge in [-0.05, 0) is 31.9 Å². The molecule has 1 saturated carbocycles. The molecule has 1 unspecified atom stereocenters. The van der Waals surface area contributed by atoms with Gasteiger partial charge in [0.2, 0.25) is 0 Å². The van der Waals surface area contributed by atoms with Gasteiger partial charge in [0.1, 0.15) is 5.75 Å². The summed E-state index contributed by atoms with van der Waals surface area (Å²) in [5.41, 5.74) is 6.17. The molecule has 0 heterocycles. The quantitative estimate of drug-likeness (QED) is 0.762. The third-order valence-corrected chi connectivity index (χ3v) is 2.38. The van der Waals surface area contributed by atoms with E-state index in [1.54, 1.807) is 13.0 Å². The average Bonchev–Trinajstić information content (AvgIpc) is 3.01. The summed E-state index contributed by atoms with van der Waals surface area (Å²) in [5.74, 6) is 0.605. The van der Waals surface area contributed by atoms with Crippen LogP contribution < -0.4 is 10.5 Å². The van der Waals surface area contributed by atoms with Gasteiger partial charge in [-0.3, -0.25) is 4.79 Å². The Labute approximate surface area is 89.2 Å². The molecule has 3 heteroatoms. The Kier molecular flexibility index (Phi) is 2.73. The molecule has 0 saturated heterocycles. The van der Waals surface area contributed by atoms with Crippen LogP contribution in [0.4, 0.5) is 0 Å². The van der Waals surface area contributed by atoms with Gasteiger partial charge in [-0.1, -0.05) is 12.1 Å². The van der Waals surface area contributed by atoms with Crippen LogP contribution in [-0.2, 0) is 0 Å². The molecule has 3 nitrogen and oxygen atoms in total.